The van der Waals surface area contributed by atoms with Gasteiger partial charge in [0.15, 0.2) is 0 Å². The molecule has 0 fully saturated rings. The fourth-order valence-corrected chi connectivity index (χ4v) is 1.82. The van der Waals surface area contributed by atoms with Gasteiger partial charge in [-0.3, -0.25) is 0 Å². The van der Waals surface area contributed by atoms with E-state index < -0.39 is 0 Å². The smallest absolute Gasteiger partial charge is 0.0690 e. The number of aliphatic hydroxyl groups is 1. The molecular weight excluding hydrogens is 220 g/mol. The first-order valence-corrected chi connectivity index (χ1v) is 6.43. The third kappa shape index (κ3) is 3.71. The summed E-state index contributed by atoms with van der Waals surface area (Å²) in [6.07, 6.45) is 7.26. The summed E-state index contributed by atoms with van der Waals surface area (Å²) in [6, 6.07) is 10.2. The lowest BCUT2D eigenvalue weighted by molar-refractivity contribution is 0.334. The van der Waals surface area contributed by atoms with Gasteiger partial charge >= 0.3 is 0 Å². The van der Waals surface area contributed by atoms with Crippen LogP contribution in [0.2, 0.25) is 0 Å². The number of hydrogen-bond donors (Lipinski definition) is 1. The summed E-state index contributed by atoms with van der Waals surface area (Å²) < 4.78 is 0. The molecule has 0 aliphatic carbocycles. The molecule has 18 heavy (non-hydrogen) atoms. The molecule has 1 nitrogen and oxygen atoms in total. The second kappa shape index (κ2) is 7.67. The minimum atomic E-state index is 0.0639. The highest BCUT2D eigenvalue weighted by molar-refractivity contribution is 5.79. The third-order valence-corrected chi connectivity index (χ3v) is 3.00. The molecule has 0 aromatic heterocycles. The maximum Gasteiger partial charge on any atom is 0.0690 e. The minimum Gasteiger partial charge on any atom is -0.392 e. The molecule has 0 radical (unpaired) electrons. The van der Waals surface area contributed by atoms with Crippen LogP contribution in [0.1, 0.15) is 32.8 Å². The van der Waals surface area contributed by atoms with Crippen molar-refractivity contribution >= 4 is 5.57 Å². The van der Waals surface area contributed by atoms with Crippen LogP contribution in [0, 0.1) is 0 Å². The maximum atomic E-state index is 9.63. The molecule has 1 N–H and O–H groups in total. The largest absolute Gasteiger partial charge is 0.392 e. The van der Waals surface area contributed by atoms with Crippen molar-refractivity contribution in [2.45, 2.75) is 27.2 Å². The Labute approximate surface area is 110 Å². The van der Waals surface area contributed by atoms with E-state index in [1.165, 1.54) is 0 Å². The summed E-state index contributed by atoms with van der Waals surface area (Å²) in [5.41, 5.74) is 4.37. The molecule has 1 aromatic carbocycles. The lowest BCUT2D eigenvalue weighted by Crippen LogP contribution is -1.97. The second-order valence-corrected chi connectivity index (χ2v) is 4.20. The molecule has 0 atom stereocenters. The van der Waals surface area contributed by atoms with Crippen LogP contribution < -0.4 is 0 Å². The summed E-state index contributed by atoms with van der Waals surface area (Å²) in [5, 5.41) is 9.63. The first-order valence-electron chi connectivity index (χ1n) is 6.43. The van der Waals surface area contributed by atoms with E-state index in [1.807, 2.05) is 38.1 Å². The SMILES string of the molecule is C\C=C(C)/C(CO)=C(\C=C\CC)c1ccccc1. The first kappa shape index (κ1) is 14.5. The van der Waals surface area contributed by atoms with Crippen LogP contribution in [-0.4, -0.2) is 11.7 Å². The van der Waals surface area contributed by atoms with Crippen molar-refractivity contribution in [2.75, 3.05) is 6.61 Å². The van der Waals surface area contributed by atoms with Crippen LogP contribution in [0.5, 0.6) is 0 Å². The first-order chi connectivity index (χ1) is 8.74. The number of aliphatic hydroxyl groups excluding tert-OH is 1. The fourth-order valence-electron chi connectivity index (χ4n) is 1.82. The monoisotopic (exact) mass is 242 g/mol. The molecule has 0 unspecified atom stereocenters. The normalized spacial score (nSPS) is 13.9. The molecule has 0 bridgehead atoms. The Bertz CT molecular complexity index is 450. The molecule has 0 heterocycles. The molecule has 0 saturated carbocycles. The minimum absolute atomic E-state index is 0.0639. The van der Waals surface area contributed by atoms with Crippen molar-refractivity contribution in [3.8, 4) is 0 Å². The summed E-state index contributed by atoms with van der Waals surface area (Å²) in [5.74, 6) is 0. The zero-order valence-corrected chi connectivity index (χ0v) is 11.5. The molecule has 0 amide bonds. The van der Waals surface area contributed by atoms with Crippen molar-refractivity contribution in [2.24, 2.45) is 0 Å². The Kier molecular flexibility index (Phi) is 6.16. The molecule has 0 spiro atoms. The van der Waals surface area contributed by atoms with Crippen molar-refractivity contribution in [1.82, 2.24) is 0 Å². The van der Waals surface area contributed by atoms with Crippen LogP contribution in [0.4, 0.5) is 0 Å². The van der Waals surface area contributed by atoms with Crippen molar-refractivity contribution in [1.29, 1.82) is 0 Å². The van der Waals surface area contributed by atoms with Gasteiger partial charge in [0.2, 0.25) is 0 Å². The topological polar surface area (TPSA) is 20.2 Å². The van der Waals surface area contributed by atoms with E-state index in [2.05, 4.69) is 31.2 Å². The van der Waals surface area contributed by atoms with Crippen LogP contribution in [0.15, 0.2) is 59.7 Å². The van der Waals surface area contributed by atoms with Crippen LogP contribution >= 0.6 is 0 Å². The summed E-state index contributed by atoms with van der Waals surface area (Å²) in [4.78, 5) is 0. The molecule has 0 aliphatic heterocycles. The van der Waals surface area contributed by atoms with Crippen LogP contribution in [0.25, 0.3) is 5.57 Å². The fraction of sp³-hybridized carbons (Fsp3) is 0.294. The predicted octanol–water partition coefficient (Wildman–Crippen LogP) is 4.36. The second-order valence-electron chi connectivity index (χ2n) is 4.20. The Hall–Kier alpha value is -1.60. The van der Waals surface area contributed by atoms with E-state index >= 15 is 0 Å². The Morgan fingerprint density at radius 1 is 1.22 bits per heavy atom. The van der Waals surface area contributed by atoms with Crippen LogP contribution in [0.3, 0.4) is 0 Å². The predicted molar refractivity (Wildman–Crippen MR) is 79.3 cm³/mol. The van der Waals surface area contributed by atoms with E-state index in [0.717, 1.165) is 28.7 Å². The number of allylic oxidation sites excluding steroid dienone is 4. The lowest BCUT2D eigenvalue weighted by atomic mass is 9.95. The van der Waals surface area contributed by atoms with Crippen molar-refractivity contribution < 1.29 is 5.11 Å². The van der Waals surface area contributed by atoms with Crippen molar-refractivity contribution in [3.63, 3.8) is 0 Å². The highest BCUT2D eigenvalue weighted by Crippen LogP contribution is 2.25. The Morgan fingerprint density at radius 3 is 2.39 bits per heavy atom. The van der Waals surface area contributed by atoms with Gasteiger partial charge in [-0.1, -0.05) is 55.5 Å². The molecule has 1 heteroatoms. The Morgan fingerprint density at radius 2 is 1.89 bits per heavy atom. The van der Waals surface area contributed by atoms with Gasteiger partial charge in [-0.25, -0.2) is 0 Å². The van der Waals surface area contributed by atoms with Gasteiger partial charge in [0.25, 0.3) is 0 Å². The summed E-state index contributed by atoms with van der Waals surface area (Å²) in [6.45, 7) is 6.21. The molecule has 1 rings (SSSR count). The maximum absolute atomic E-state index is 9.63. The van der Waals surface area contributed by atoms with E-state index in [0.29, 0.717) is 0 Å². The van der Waals surface area contributed by atoms with E-state index in [9.17, 15) is 5.11 Å². The van der Waals surface area contributed by atoms with Crippen LogP contribution in [-0.2, 0) is 0 Å². The van der Waals surface area contributed by atoms with Gasteiger partial charge in [0.05, 0.1) is 6.61 Å². The zero-order chi connectivity index (χ0) is 13.4. The highest BCUT2D eigenvalue weighted by atomic mass is 16.3. The third-order valence-electron chi connectivity index (χ3n) is 3.00. The Balaban J connectivity index is 3.36. The van der Waals surface area contributed by atoms with Gasteiger partial charge in [0.1, 0.15) is 0 Å². The van der Waals surface area contributed by atoms with E-state index in [4.69, 9.17) is 0 Å². The average molecular weight is 242 g/mol. The van der Waals surface area contributed by atoms with E-state index in [1.54, 1.807) is 0 Å². The number of hydrogen-bond acceptors (Lipinski definition) is 1. The molecule has 0 saturated heterocycles. The standard InChI is InChI=1S/C17H22O/c1-4-6-12-16(15-10-8-7-9-11-15)17(13-18)14(3)5-2/h5-12,18H,4,13H2,1-3H3/b12-6+,14-5-,17-16+. The number of benzene rings is 1. The molecular formula is C17H22O. The van der Waals surface area contributed by atoms with Gasteiger partial charge in [-0.05, 0) is 42.6 Å². The van der Waals surface area contributed by atoms with Gasteiger partial charge in [-0.15, -0.1) is 0 Å². The quantitative estimate of drug-likeness (QED) is 0.760. The molecule has 0 aliphatic rings. The average Bonchev–Trinajstić information content (AvgIpc) is 2.43. The molecule has 1 aromatic rings. The zero-order valence-electron chi connectivity index (χ0n) is 11.5. The van der Waals surface area contributed by atoms with Gasteiger partial charge in [-0.2, -0.15) is 0 Å². The van der Waals surface area contributed by atoms with Crippen molar-refractivity contribution in [3.05, 3.63) is 65.3 Å². The summed E-state index contributed by atoms with van der Waals surface area (Å²) >= 11 is 0. The van der Waals surface area contributed by atoms with Gasteiger partial charge < -0.3 is 5.11 Å². The highest BCUT2D eigenvalue weighted by Gasteiger charge is 2.07. The number of rotatable bonds is 5. The van der Waals surface area contributed by atoms with E-state index in [-0.39, 0.29) is 6.61 Å². The van der Waals surface area contributed by atoms with Gasteiger partial charge in [0, 0.05) is 0 Å². The lowest BCUT2D eigenvalue weighted by Gasteiger charge is -2.12. The molecule has 96 valence electrons. The summed E-state index contributed by atoms with van der Waals surface area (Å²) in [7, 11) is 0.